The second-order valence-electron chi connectivity index (χ2n) is 13.7. The highest BCUT2D eigenvalue weighted by Crippen LogP contribution is 2.36. The normalized spacial score (nSPS) is 15.5. The van der Waals surface area contributed by atoms with Gasteiger partial charge in [0.1, 0.15) is 6.61 Å². The third-order valence-corrected chi connectivity index (χ3v) is 9.24. The molecule has 0 aliphatic heterocycles. The lowest BCUT2D eigenvalue weighted by molar-refractivity contribution is -0.161. The quantitative estimate of drug-likeness (QED) is 0.0184. The fourth-order valence-electron chi connectivity index (χ4n) is 5.26. The first kappa shape index (κ1) is 49.9. The summed E-state index contributed by atoms with van der Waals surface area (Å²) in [5.74, 6) is -0.391. The Morgan fingerprint density at radius 2 is 1.17 bits per heavy atom. The number of aliphatic hydroxyl groups is 3. The van der Waals surface area contributed by atoms with Crippen LogP contribution in [0.25, 0.3) is 0 Å². The highest BCUT2D eigenvalue weighted by molar-refractivity contribution is 7.46. The minimum atomic E-state index is -4.83. The smallest absolute Gasteiger partial charge is 0.462 e. The summed E-state index contributed by atoms with van der Waals surface area (Å²) in [5.41, 5.74) is 0. The molecule has 0 aromatic rings. The lowest BCUT2D eigenvalue weighted by Crippen LogP contribution is -2.29. The van der Waals surface area contributed by atoms with Crippen LogP contribution in [-0.2, 0) is 28.2 Å². The highest BCUT2D eigenvalue weighted by Gasteiger charge is 2.23. The van der Waals surface area contributed by atoms with Crippen molar-refractivity contribution >= 4 is 19.8 Å². The van der Waals surface area contributed by atoms with E-state index in [1.54, 1.807) is 42.5 Å². The Balaban J connectivity index is 4.32. The van der Waals surface area contributed by atoms with E-state index in [-0.39, 0.29) is 25.7 Å². The molecule has 0 aliphatic rings. The zero-order valence-electron chi connectivity index (χ0n) is 32.2. The number of ether oxygens (including phenoxy) is 2. The maximum absolute atomic E-state index is 12.4. The number of hydrogen-bond donors (Lipinski definition) is 5. The molecule has 0 aromatic carbocycles. The molecule has 0 radical (unpaired) electrons. The van der Waals surface area contributed by atoms with Gasteiger partial charge in [-0.3, -0.25) is 14.1 Å². The number of unbranched alkanes of at least 4 members (excludes halogenated alkanes) is 11. The molecule has 5 N–H and O–H groups in total. The van der Waals surface area contributed by atoms with Gasteiger partial charge in [-0.1, -0.05) is 159 Å². The number of carbonyl (C=O) groups is 2. The van der Waals surface area contributed by atoms with Crippen LogP contribution in [0.1, 0.15) is 149 Å². The van der Waals surface area contributed by atoms with Gasteiger partial charge in [-0.2, -0.15) is 0 Å². The summed E-state index contributed by atoms with van der Waals surface area (Å²) in [7, 11) is -4.83. The van der Waals surface area contributed by atoms with Crippen LogP contribution in [0.4, 0.5) is 0 Å². The molecule has 52 heavy (non-hydrogen) atoms. The van der Waals surface area contributed by atoms with Gasteiger partial charge in [0, 0.05) is 12.8 Å². The van der Waals surface area contributed by atoms with Crippen LogP contribution in [0.15, 0.2) is 48.6 Å². The average Bonchev–Trinajstić information content (AvgIpc) is 3.10. The van der Waals surface area contributed by atoms with E-state index in [4.69, 9.17) is 19.3 Å². The number of phosphoric ester groups is 1. The number of aliphatic hydroxyl groups excluding tert-OH is 3. The minimum Gasteiger partial charge on any atom is -0.462 e. The van der Waals surface area contributed by atoms with Crippen molar-refractivity contribution in [1.29, 1.82) is 0 Å². The van der Waals surface area contributed by atoms with Crippen LogP contribution < -0.4 is 0 Å². The standard InChI is InChI=1S/C40H71O11P/c1-4-6-19-26-35(41)27-21-16-13-14-17-22-28-37(42)38(43)29-24-31-39(44)49-32-36(33-50-52(46,47)48)51-40(45)30-23-18-12-10-8-7-9-11-15-20-25-34(3)5-2/h13-14,16-17,21-22,27-28,34-38,41-43H,4-12,15,18-20,23-26,29-33H2,1-3H3,(H2,46,47,48)/b16-13-,17-14+,27-21+,28-22+/t34?,35-,36-,37-,38-/m1/s1. The SMILES string of the molecule is CCCCC[C@@H](O)/C=C/C=C\C=C\C=C\[C@@H](O)[C@H](O)CCCC(=O)OC[C@H](COP(=O)(O)O)OC(=O)CCCCCCCCCCCCC(C)CC. The van der Waals surface area contributed by atoms with Gasteiger partial charge < -0.3 is 34.6 Å². The fourth-order valence-corrected chi connectivity index (χ4v) is 5.62. The monoisotopic (exact) mass is 758 g/mol. The summed E-state index contributed by atoms with van der Waals surface area (Å²) in [6, 6.07) is 0. The van der Waals surface area contributed by atoms with Crippen molar-refractivity contribution in [3.63, 3.8) is 0 Å². The van der Waals surface area contributed by atoms with E-state index in [9.17, 15) is 29.5 Å². The second-order valence-corrected chi connectivity index (χ2v) is 15.0. The van der Waals surface area contributed by atoms with Crippen LogP contribution >= 0.6 is 7.82 Å². The van der Waals surface area contributed by atoms with Crippen LogP contribution in [-0.4, -0.2) is 74.7 Å². The summed E-state index contributed by atoms with van der Waals surface area (Å²) in [6.07, 6.45) is 27.8. The van der Waals surface area contributed by atoms with E-state index in [0.29, 0.717) is 6.42 Å². The molecule has 0 saturated carbocycles. The van der Waals surface area contributed by atoms with Gasteiger partial charge in [-0.15, -0.1) is 0 Å². The topological polar surface area (TPSA) is 180 Å². The Morgan fingerprint density at radius 1 is 0.635 bits per heavy atom. The summed E-state index contributed by atoms with van der Waals surface area (Å²) in [6.45, 7) is 5.60. The van der Waals surface area contributed by atoms with Gasteiger partial charge in [0.05, 0.1) is 24.9 Å². The van der Waals surface area contributed by atoms with Crippen molar-refractivity contribution in [3.05, 3.63) is 48.6 Å². The molecular formula is C40H71O11P. The number of allylic oxidation sites excluding steroid dienone is 6. The van der Waals surface area contributed by atoms with Gasteiger partial charge in [0.25, 0.3) is 0 Å². The van der Waals surface area contributed by atoms with Crippen LogP contribution in [0, 0.1) is 5.92 Å². The lowest BCUT2D eigenvalue weighted by Gasteiger charge is -2.18. The lowest BCUT2D eigenvalue weighted by atomic mass is 9.99. The third-order valence-electron chi connectivity index (χ3n) is 8.76. The predicted octanol–water partition coefficient (Wildman–Crippen LogP) is 8.34. The second kappa shape index (κ2) is 33.5. The summed E-state index contributed by atoms with van der Waals surface area (Å²) in [5, 5.41) is 30.2. The molecule has 12 heteroatoms. The molecule has 0 aromatic heterocycles. The van der Waals surface area contributed by atoms with E-state index in [0.717, 1.165) is 50.9 Å². The zero-order valence-corrected chi connectivity index (χ0v) is 33.1. The zero-order chi connectivity index (χ0) is 38.9. The Hall–Kier alpha value is -2.11. The number of rotatable bonds is 34. The van der Waals surface area contributed by atoms with Crippen LogP contribution in [0.5, 0.6) is 0 Å². The van der Waals surface area contributed by atoms with Gasteiger partial charge in [0.2, 0.25) is 0 Å². The van der Waals surface area contributed by atoms with Crippen molar-refractivity contribution in [2.24, 2.45) is 5.92 Å². The molecule has 0 heterocycles. The van der Waals surface area contributed by atoms with Gasteiger partial charge >= 0.3 is 19.8 Å². The highest BCUT2D eigenvalue weighted by atomic mass is 31.2. The third kappa shape index (κ3) is 33.7. The van der Waals surface area contributed by atoms with Gasteiger partial charge in [-0.05, 0) is 31.6 Å². The van der Waals surface area contributed by atoms with Crippen molar-refractivity contribution < 1.29 is 53.3 Å². The molecule has 0 bridgehead atoms. The fraction of sp³-hybridized carbons (Fsp3) is 0.750. The number of esters is 2. The summed E-state index contributed by atoms with van der Waals surface area (Å²) >= 11 is 0. The first-order valence-electron chi connectivity index (χ1n) is 19.7. The summed E-state index contributed by atoms with van der Waals surface area (Å²) < 4.78 is 26.1. The van der Waals surface area contributed by atoms with E-state index in [1.165, 1.54) is 57.4 Å². The number of phosphoric acid groups is 1. The molecule has 0 aliphatic carbocycles. The molecule has 0 amide bonds. The van der Waals surface area contributed by atoms with Gasteiger partial charge in [-0.25, -0.2) is 4.57 Å². The average molecular weight is 759 g/mol. The largest absolute Gasteiger partial charge is 0.469 e. The van der Waals surface area contributed by atoms with Crippen molar-refractivity contribution in [2.75, 3.05) is 13.2 Å². The molecule has 302 valence electrons. The van der Waals surface area contributed by atoms with Crippen molar-refractivity contribution in [2.45, 2.75) is 174 Å². The predicted molar refractivity (Wildman–Crippen MR) is 206 cm³/mol. The van der Waals surface area contributed by atoms with Crippen molar-refractivity contribution in [1.82, 2.24) is 0 Å². The maximum atomic E-state index is 12.4. The Kier molecular flexibility index (Phi) is 32.1. The molecule has 0 rings (SSSR count). The van der Waals surface area contributed by atoms with E-state index < -0.39 is 57.4 Å². The first-order chi connectivity index (χ1) is 24.9. The molecule has 0 saturated heterocycles. The maximum Gasteiger partial charge on any atom is 0.469 e. The van der Waals surface area contributed by atoms with E-state index in [1.807, 2.05) is 0 Å². The van der Waals surface area contributed by atoms with Crippen molar-refractivity contribution in [3.8, 4) is 0 Å². The molecule has 11 nitrogen and oxygen atoms in total. The van der Waals surface area contributed by atoms with Crippen LogP contribution in [0.3, 0.4) is 0 Å². The first-order valence-corrected chi connectivity index (χ1v) is 21.2. The minimum absolute atomic E-state index is 0.0860. The van der Waals surface area contributed by atoms with E-state index >= 15 is 0 Å². The molecule has 5 atom stereocenters. The molecule has 0 fully saturated rings. The molecular weight excluding hydrogens is 687 g/mol. The Labute approximate surface area is 313 Å². The van der Waals surface area contributed by atoms with Gasteiger partial charge in [0.15, 0.2) is 6.10 Å². The number of carbonyl (C=O) groups excluding carboxylic acids is 2. The van der Waals surface area contributed by atoms with Crippen LogP contribution in [0.2, 0.25) is 0 Å². The summed E-state index contributed by atoms with van der Waals surface area (Å²) in [4.78, 5) is 42.8. The Morgan fingerprint density at radius 3 is 1.77 bits per heavy atom. The number of hydrogen-bond acceptors (Lipinski definition) is 9. The molecule has 0 spiro atoms. The van der Waals surface area contributed by atoms with E-state index in [2.05, 4.69) is 25.3 Å². The Bertz CT molecular complexity index is 1050. The molecule has 1 unspecified atom stereocenters.